The Balaban J connectivity index is 2.42. The van der Waals surface area contributed by atoms with Crippen molar-refractivity contribution in [3.8, 4) is 12.3 Å². The van der Waals surface area contributed by atoms with Crippen molar-refractivity contribution in [1.82, 2.24) is 0 Å². The van der Waals surface area contributed by atoms with Gasteiger partial charge in [0.15, 0.2) is 0 Å². The average Bonchev–Trinajstić information content (AvgIpc) is 2.59. The zero-order chi connectivity index (χ0) is 12.6. The molecule has 1 atom stereocenters. The van der Waals surface area contributed by atoms with Gasteiger partial charge in [0, 0.05) is 24.6 Å². The van der Waals surface area contributed by atoms with Crippen LogP contribution in [0.25, 0.3) is 0 Å². The van der Waals surface area contributed by atoms with Crippen molar-refractivity contribution in [2.45, 2.75) is 6.42 Å². The first kappa shape index (κ1) is 12.1. The molecule has 0 aromatic heterocycles. The van der Waals surface area contributed by atoms with Gasteiger partial charge in [-0.2, -0.15) is 0 Å². The van der Waals surface area contributed by atoms with E-state index < -0.39 is 0 Å². The molecule has 1 aliphatic rings. The van der Waals surface area contributed by atoms with E-state index in [1.165, 1.54) is 4.90 Å². The second kappa shape index (κ2) is 4.48. The molecule has 1 unspecified atom stereocenters. The van der Waals surface area contributed by atoms with Crippen LogP contribution in [0.4, 0.5) is 11.4 Å². The maximum absolute atomic E-state index is 11.8. The molecule has 2 N–H and O–H groups in total. The highest BCUT2D eigenvalue weighted by Crippen LogP contribution is 2.38. The first-order valence-corrected chi connectivity index (χ1v) is 5.79. The number of amides is 1. The standard InChI is InChI=1S/C12H10Cl2N2O/c1-2-7-3-11(17)16(6-7)12-9(13)4-8(15)5-10(12)14/h1,4-5,7H,3,6,15H2. The number of anilines is 2. The van der Waals surface area contributed by atoms with Crippen molar-refractivity contribution >= 4 is 40.5 Å². The van der Waals surface area contributed by atoms with E-state index in [2.05, 4.69) is 5.92 Å². The smallest absolute Gasteiger partial charge is 0.228 e. The number of carbonyl (C=O) groups is 1. The number of nitrogen functional groups attached to an aromatic ring is 1. The van der Waals surface area contributed by atoms with Gasteiger partial charge in [-0.25, -0.2) is 0 Å². The van der Waals surface area contributed by atoms with Gasteiger partial charge in [0.25, 0.3) is 0 Å². The Morgan fingerprint density at radius 1 is 1.41 bits per heavy atom. The van der Waals surface area contributed by atoms with Crippen molar-refractivity contribution in [2.24, 2.45) is 5.92 Å². The average molecular weight is 269 g/mol. The summed E-state index contributed by atoms with van der Waals surface area (Å²) in [4.78, 5) is 13.3. The van der Waals surface area contributed by atoms with E-state index in [9.17, 15) is 4.79 Å². The Labute approximate surface area is 109 Å². The highest BCUT2D eigenvalue weighted by atomic mass is 35.5. The molecule has 1 aromatic rings. The zero-order valence-electron chi connectivity index (χ0n) is 8.91. The number of hydrogen-bond acceptors (Lipinski definition) is 2. The minimum absolute atomic E-state index is 0.0680. The van der Waals surface area contributed by atoms with E-state index >= 15 is 0 Å². The van der Waals surface area contributed by atoms with Crippen LogP contribution in [0.2, 0.25) is 10.0 Å². The quantitative estimate of drug-likeness (QED) is 0.629. The Kier molecular flexibility index (Phi) is 3.19. The molecule has 1 saturated heterocycles. The summed E-state index contributed by atoms with van der Waals surface area (Å²) in [7, 11) is 0. The third-order valence-electron chi connectivity index (χ3n) is 2.67. The molecule has 1 heterocycles. The Morgan fingerprint density at radius 3 is 2.47 bits per heavy atom. The first-order valence-electron chi connectivity index (χ1n) is 5.04. The van der Waals surface area contributed by atoms with Crippen LogP contribution in [0.15, 0.2) is 12.1 Å². The topological polar surface area (TPSA) is 46.3 Å². The first-order chi connectivity index (χ1) is 8.02. The second-order valence-corrected chi connectivity index (χ2v) is 4.72. The number of terminal acetylenes is 1. The van der Waals surface area contributed by atoms with Crippen molar-refractivity contribution < 1.29 is 4.79 Å². The molecule has 0 spiro atoms. The highest BCUT2D eigenvalue weighted by molar-refractivity contribution is 6.40. The summed E-state index contributed by atoms with van der Waals surface area (Å²) >= 11 is 12.1. The van der Waals surface area contributed by atoms with Gasteiger partial charge in [-0.1, -0.05) is 23.2 Å². The number of carbonyl (C=O) groups excluding carboxylic acids is 1. The molecule has 0 radical (unpaired) electrons. The summed E-state index contributed by atoms with van der Waals surface area (Å²) < 4.78 is 0. The molecule has 5 heteroatoms. The van der Waals surface area contributed by atoms with Gasteiger partial charge in [-0.3, -0.25) is 4.79 Å². The molecule has 1 amide bonds. The molecule has 17 heavy (non-hydrogen) atoms. The van der Waals surface area contributed by atoms with Crippen LogP contribution in [-0.4, -0.2) is 12.5 Å². The number of nitrogens with zero attached hydrogens (tertiary/aromatic N) is 1. The lowest BCUT2D eigenvalue weighted by atomic mass is 10.1. The monoisotopic (exact) mass is 268 g/mol. The lowest BCUT2D eigenvalue weighted by molar-refractivity contribution is -0.117. The summed E-state index contributed by atoms with van der Waals surface area (Å²) in [5, 5.41) is 0.724. The number of rotatable bonds is 1. The van der Waals surface area contributed by atoms with Gasteiger partial charge in [0.2, 0.25) is 5.91 Å². The van der Waals surface area contributed by atoms with Crippen LogP contribution < -0.4 is 10.6 Å². The van der Waals surface area contributed by atoms with Crippen molar-refractivity contribution in [3.05, 3.63) is 22.2 Å². The van der Waals surface area contributed by atoms with Crippen molar-refractivity contribution in [2.75, 3.05) is 17.2 Å². The Morgan fingerprint density at radius 2 is 2.00 bits per heavy atom. The van der Waals surface area contributed by atoms with Gasteiger partial charge in [-0.05, 0) is 12.1 Å². The van der Waals surface area contributed by atoms with Crippen LogP contribution in [-0.2, 0) is 4.79 Å². The van der Waals surface area contributed by atoms with Gasteiger partial charge < -0.3 is 10.6 Å². The summed E-state index contributed by atoms with van der Waals surface area (Å²) in [5.74, 6) is 2.41. The number of nitrogens with two attached hydrogens (primary N) is 1. The van der Waals surface area contributed by atoms with E-state index in [1.807, 2.05) is 0 Å². The SMILES string of the molecule is C#CC1CC(=O)N(c2c(Cl)cc(N)cc2Cl)C1. The van der Waals surface area contributed by atoms with Gasteiger partial charge in [0.05, 0.1) is 15.7 Å². The van der Waals surface area contributed by atoms with Crippen LogP contribution in [0.1, 0.15) is 6.42 Å². The third-order valence-corrected chi connectivity index (χ3v) is 3.25. The summed E-state index contributed by atoms with van der Waals surface area (Å²) in [6.07, 6.45) is 5.65. The lowest BCUT2D eigenvalue weighted by Gasteiger charge is -2.19. The van der Waals surface area contributed by atoms with E-state index in [4.69, 9.17) is 35.4 Å². The minimum atomic E-state index is -0.0906. The second-order valence-electron chi connectivity index (χ2n) is 3.91. The predicted molar refractivity (Wildman–Crippen MR) is 70.2 cm³/mol. The van der Waals surface area contributed by atoms with Crippen LogP contribution in [0.5, 0.6) is 0 Å². The van der Waals surface area contributed by atoms with Gasteiger partial charge in [-0.15, -0.1) is 12.3 Å². The molecule has 1 aliphatic heterocycles. The fourth-order valence-electron chi connectivity index (χ4n) is 1.88. The minimum Gasteiger partial charge on any atom is -0.399 e. The lowest BCUT2D eigenvalue weighted by Crippen LogP contribution is -2.25. The molecule has 88 valence electrons. The molecule has 1 fully saturated rings. The molecule has 2 rings (SSSR count). The molecule has 0 aliphatic carbocycles. The largest absolute Gasteiger partial charge is 0.399 e. The maximum Gasteiger partial charge on any atom is 0.228 e. The Bertz CT molecular complexity index is 499. The number of hydrogen-bond donors (Lipinski definition) is 1. The maximum atomic E-state index is 11.8. The zero-order valence-corrected chi connectivity index (χ0v) is 10.4. The normalized spacial score (nSPS) is 19.5. The number of benzene rings is 1. The Hall–Kier alpha value is -1.37. The summed E-state index contributed by atoms with van der Waals surface area (Å²) in [6.45, 7) is 0.443. The molecular formula is C12H10Cl2N2O. The fraction of sp³-hybridized carbons (Fsp3) is 0.250. The van der Waals surface area contributed by atoms with Crippen LogP contribution in [0, 0.1) is 18.3 Å². The van der Waals surface area contributed by atoms with E-state index in [-0.39, 0.29) is 11.8 Å². The third kappa shape index (κ3) is 2.19. The van der Waals surface area contributed by atoms with E-state index in [1.54, 1.807) is 12.1 Å². The van der Waals surface area contributed by atoms with Crippen LogP contribution >= 0.6 is 23.2 Å². The summed E-state index contributed by atoms with van der Waals surface area (Å²) in [6, 6.07) is 3.14. The molecule has 0 bridgehead atoms. The molecule has 3 nitrogen and oxygen atoms in total. The van der Waals surface area contributed by atoms with Crippen molar-refractivity contribution in [1.29, 1.82) is 0 Å². The highest BCUT2D eigenvalue weighted by Gasteiger charge is 2.31. The van der Waals surface area contributed by atoms with Gasteiger partial charge >= 0.3 is 0 Å². The molecular weight excluding hydrogens is 259 g/mol. The molecule has 1 aromatic carbocycles. The predicted octanol–water partition coefficient (Wildman–Crippen LogP) is 2.56. The van der Waals surface area contributed by atoms with Gasteiger partial charge in [0.1, 0.15) is 0 Å². The number of halogens is 2. The van der Waals surface area contributed by atoms with Crippen molar-refractivity contribution in [3.63, 3.8) is 0 Å². The van der Waals surface area contributed by atoms with E-state index in [0.717, 1.165) is 0 Å². The molecule has 0 saturated carbocycles. The summed E-state index contributed by atoms with van der Waals surface area (Å²) in [5.41, 5.74) is 6.56. The fourth-order valence-corrected chi connectivity index (χ4v) is 2.59. The van der Waals surface area contributed by atoms with E-state index in [0.29, 0.717) is 34.4 Å². The van der Waals surface area contributed by atoms with Crippen LogP contribution in [0.3, 0.4) is 0 Å².